The van der Waals surface area contributed by atoms with Crippen molar-refractivity contribution >= 4 is 15.9 Å². The fourth-order valence-corrected chi connectivity index (χ4v) is 2.79. The molecule has 0 atom stereocenters. The van der Waals surface area contributed by atoms with Gasteiger partial charge in [0.2, 0.25) is 0 Å². The van der Waals surface area contributed by atoms with E-state index in [1.54, 1.807) is 0 Å². The zero-order chi connectivity index (χ0) is 7.03. The fourth-order valence-electron chi connectivity index (χ4n) is 2.00. The van der Waals surface area contributed by atoms with Gasteiger partial charge >= 0.3 is 0 Å². The second-order valence-electron chi connectivity index (χ2n) is 4.13. The van der Waals surface area contributed by atoms with E-state index in [0.717, 1.165) is 11.3 Å². The predicted molar refractivity (Wildman–Crippen MR) is 47.4 cm³/mol. The molecule has 2 aliphatic carbocycles. The van der Waals surface area contributed by atoms with E-state index in [9.17, 15) is 0 Å². The van der Waals surface area contributed by atoms with Crippen LogP contribution in [0.3, 0.4) is 0 Å². The molecule has 10 heavy (non-hydrogen) atoms. The molecule has 0 radical (unpaired) electrons. The van der Waals surface area contributed by atoms with Gasteiger partial charge in [-0.3, -0.25) is 0 Å². The Morgan fingerprint density at radius 3 is 2.30 bits per heavy atom. The molecule has 0 heterocycles. The van der Waals surface area contributed by atoms with Crippen LogP contribution in [0.1, 0.15) is 38.5 Å². The highest BCUT2D eigenvalue weighted by Gasteiger charge is 2.40. The van der Waals surface area contributed by atoms with Gasteiger partial charge in [0.15, 0.2) is 0 Å². The van der Waals surface area contributed by atoms with Gasteiger partial charge in [-0.1, -0.05) is 35.2 Å². The number of hydrogen-bond donors (Lipinski definition) is 0. The third kappa shape index (κ3) is 1.25. The van der Waals surface area contributed by atoms with Gasteiger partial charge in [-0.15, -0.1) is 0 Å². The first-order valence-electron chi connectivity index (χ1n) is 4.41. The Morgan fingerprint density at radius 2 is 2.00 bits per heavy atom. The Bertz CT molecular complexity index is 117. The van der Waals surface area contributed by atoms with Crippen LogP contribution in [0.5, 0.6) is 0 Å². The van der Waals surface area contributed by atoms with Crippen molar-refractivity contribution in [1.29, 1.82) is 0 Å². The van der Waals surface area contributed by atoms with Gasteiger partial charge in [0.05, 0.1) is 0 Å². The number of rotatable bonds is 3. The molecule has 0 amide bonds. The molecule has 0 aromatic carbocycles. The van der Waals surface area contributed by atoms with Crippen LogP contribution in [0, 0.1) is 11.3 Å². The third-order valence-corrected chi connectivity index (χ3v) is 4.31. The van der Waals surface area contributed by atoms with Gasteiger partial charge in [0.1, 0.15) is 0 Å². The second-order valence-corrected chi connectivity index (χ2v) is 4.70. The van der Waals surface area contributed by atoms with Crippen LogP contribution in [0.4, 0.5) is 0 Å². The van der Waals surface area contributed by atoms with E-state index in [0.29, 0.717) is 0 Å². The summed E-state index contributed by atoms with van der Waals surface area (Å²) in [6, 6.07) is 0. The molecule has 2 fully saturated rings. The summed E-state index contributed by atoms with van der Waals surface area (Å²) in [5.41, 5.74) is 0.765. The molecule has 0 unspecified atom stereocenters. The Kier molecular flexibility index (Phi) is 1.79. The molecule has 0 saturated heterocycles. The van der Waals surface area contributed by atoms with Gasteiger partial charge in [-0.05, 0) is 30.6 Å². The summed E-state index contributed by atoms with van der Waals surface area (Å²) in [6.07, 6.45) is 9.05. The molecule has 2 rings (SSSR count). The first-order valence-corrected chi connectivity index (χ1v) is 5.53. The third-order valence-electron chi connectivity index (χ3n) is 3.12. The lowest BCUT2D eigenvalue weighted by Crippen LogP contribution is -2.31. The van der Waals surface area contributed by atoms with Crippen molar-refractivity contribution in [2.24, 2.45) is 11.3 Å². The van der Waals surface area contributed by atoms with Crippen LogP contribution in [0.15, 0.2) is 0 Å². The van der Waals surface area contributed by atoms with Crippen LogP contribution in [-0.2, 0) is 0 Å². The van der Waals surface area contributed by atoms with Crippen LogP contribution in [0.25, 0.3) is 0 Å². The molecule has 2 aliphatic rings. The van der Waals surface area contributed by atoms with E-state index < -0.39 is 0 Å². The van der Waals surface area contributed by atoms with Crippen molar-refractivity contribution in [3.05, 3.63) is 0 Å². The fraction of sp³-hybridized carbons (Fsp3) is 1.00. The van der Waals surface area contributed by atoms with Gasteiger partial charge in [0, 0.05) is 5.33 Å². The molecular formula is C9H15Br. The lowest BCUT2D eigenvalue weighted by atomic mass is 9.67. The monoisotopic (exact) mass is 202 g/mol. The van der Waals surface area contributed by atoms with Crippen molar-refractivity contribution in [3.8, 4) is 0 Å². The van der Waals surface area contributed by atoms with Crippen LogP contribution in [0.2, 0.25) is 0 Å². The SMILES string of the molecule is BrCC1(CC2CC2)CCC1. The second kappa shape index (κ2) is 2.51. The number of hydrogen-bond acceptors (Lipinski definition) is 0. The van der Waals surface area contributed by atoms with E-state index >= 15 is 0 Å². The van der Waals surface area contributed by atoms with Crippen molar-refractivity contribution in [2.45, 2.75) is 38.5 Å². The summed E-state index contributed by atoms with van der Waals surface area (Å²) >= 11 is 3.64. The smallest absolute Gasteiger partial charge is 0.00880 e. The highest BCUT2D eigenvalue weighted by Crippen LogP contribution is 2.51. The van der Waals surface area contributed by atoms with Crippen molar-refractivity contribution in [2.75, 3.05) is 5.33 Å². The molecular weight excluding hydrogens is 188 g/mol. The Labute approximate surface area is 71.5 Å². The lowest BCUT2D eigenvalue weighted by molar-refractivity contribution is 0.145. The van der Waals surface area contributed by atoms with Gasteiger partial charge < -0.3 is 0 Å². The van der Waals surface area contributed by atoms with Crippen LogP contribution < -0.4 is 0 Å². The molecule has 0 N–H and O–H groups in total. The number of alkyl halides is 1. The minimum atomic E-state index is 0.765. The van der Waals surface area contributed by atoms with E-state index in [1.165, 1.54) is 43.9 Å². The topological polar surface area (TPSA) is 0 Å². The quantitative estimate of drug-likeness (QED) is 0.617. The average molecular weight is 203 g/mol. The van der Waals surface area contributed by atoms with Gasteiger partial charge in [-0.2, -0.15) is 0 Å². The molecule has 0 aromatic heterocycles. The van der Waals surface area contributed by atoms with E-state index in [2.05, 4.69) is 15.9 Å². The summed E-state index contributed by atoms with van der Waals surface area (Å²) in [4.78, 5) is 0. The minimum Gasteiger partial charge on any atom is -0.0922 e. The van der Waals surface area contributed by atoms with Crippen LogP contribution >= 0.6 is 15.9 Å². The normalized spacial score (nSPS) is 29.7. The zero-order valence-electron chi connectivity index (χ0n) is 6.41. The first-order chi connectivity index (χ1) is 4.85. The minimum absolute atomic E-state index is 0.765. The highest BCUT2D eigenvalue weighted by atomic mass is 79.9. The average Bonchev–Trinajstić information content (AvgIpc) is 2.62. The lowest BCUT2D eigenvalue weighted by Gasteiger charge is -2.40. The maximum Gasteiger partial charge on any atom is 0.00880 e. The van der Waals surface area contributed by atoms with Crippen molar-refractivity contribution < 1.29 is 0 Å². The van der Waals surface area contributed by atoms with Crippen molar-refractivity contribution in [1.82, 2.24) is 0 Å². The number of halogens is 1. The molecule has 0 aliphatic heterocycles. The first kappa shape index (κ1) is 7.15. The van der Waals surface area contributed by atoms with E-state index in [-0.39, 0.29) is 0 Å². The largest absolute Gasteiger partial charge is 0.0922 e. The van der Waals surface area contributed by atoms with Gasteiger partial charge in [-0.25, -0.2) is 0 Å². The van der Waals surface area contributed by atoms with Crippen LogP contribution in [-0.4, -0.2) is 5.33 Å². The molecule has 0 nitrogen and oxygen atoms in total. The van der Waals surface area contributed by atoms with Crippen molar-refractivity contribution in [3.63, 3.8) is 0 Å². The van der Waals surface area contributed by atoms with Gasteiger partial charge in [0.25, 0.3) is 0 Å². The summed E-state index contributed by atoms with van der Waals surface area (Å²) in [5.74, 6) is 1.12. The molecule has 0 spiro atoms. The molecule has 1 heteroatoms. The maximum atomic E-state index is 3.64. The maximum absolute atomic E-state index is 3.64. The highest BCUT2D eigenvalue weighted by molar-refractivity contribution is 9.09. The summed E-state index contributed by atoms with van der Waals surface area (Å²) < 4.78 is 0. The van der Waals surface area contributed by atoms with E-state index in [4.69, 9.17) is 0 Å². The molecule has 0 aromatic rings. The summed E-state index contributed by atoms with van der Waals surface area (Å²) in [7, 11) is 0. The predicted octanol–water partition coefficient (Wildman–Crippen LogP) is 3.35. The Balaban J connectivity index is 1.84. The standard InChI is InChI=1S/C9H15Br/c10-7-9(4-1-5-9)6-8-2-3-8/h8H,1-7H2. The Morgan fingerprint density at radius 1 is 1.30 bits per heavy atom. The molecule has 58 valence electrons. The molecule has 2 saturated carbocycles. The molecule has 0 bridgehead atoms. The van der Waals surface area contributed by atoms with E-state index in [1.807, 2.05) is 0 Å². The zero-order valence-corrected chi connectivity index (χ0v) is 7.99. The summed E-state index contributed by atoms with van der Waals surface area (Å²) in [6.45, 7) is 0. The summed E-state index contributed by atoms with van der Waals surface area (Å²) in [5, 5.41) is 1.26. The Hall–Kier alpha value is 0.480.